The number of carboxylic acid groups (broad SMARTS) is 1. The number of rotatable bonds is 7. The third-order valence-electron chi connectivity index (χ3n) is 4.96. The molecule has 0 spiro atoms. The van der Waals surface area contributed by atoms with E-state index >= 15 is 0 Å². The van der Waals surface area contributed by atoms with Gasteiger partial charge in [-0.3, -0.25) is 9.59 Å². The largest absolute Gasteiger partial charge is 0.481 e. The molecule has 1 heterocycles. The van der Waals surface area contributed by atoms with Crippen molar-refractivity contribution < 1.29 is 14.7 Å². The van der Waals surface area contributed by atoms with Crippen LogP contribution in [0.4, 0.5) is 0 Å². The zero-order valence-electron chi connectivity index (χ0n) is 14.9. The maximum Gasteiger partial charge on any atom is 0.303 e. The number of hydrogen-bond acceptors (Lipinski definition) is 3. The van der Waals surface area contributed by atoms with Gasteiger partial charge in [-0.15, -0.1) is 0 Å². The van der Waals surface area contributed by atoms with Crippen molar-refractivity contribution >= 4 is 23.5 Å². The maximum atomic E-state index is 12.6. The zero-order chi connectivity index (χ0) is 18.4. The number of carbonyl (C=O) groups excluding carboxylic acids is 1. The first-order valence-corrected chi connectivity index (χ1v) is 9.15. The highest BCUT2D eigenvalue weighted by atomic mass is 35.5. The maximum absolute atomic E-state index is 12.6. The Labute approximate surface area is 154 Å². The molecule has 0 saturated carbocycles. The molecule has 1 aromatic carbocycles. The lowest BCUT2D eigenvalue weighted by molar-refractivity contribution is -0.137. The fourth-order valence-corrected chi connectivity index (χ4v) is 3.83. The van der Waals surface area contributed by atoms with Crippen molar-refractivity contribution in [1.29, 1.82) is 0 Å². The van der Waals surface area contributed by atoms with Gasteiger partial charge in [0.15, 0.2) is 0 Å². The molecule has 1 aromatic rings. The van der Waals surface area contributed by atoms with Gasteiger partial charge in [0, 0.05) is 37.0 Å². The Balaban J connectivity index is 1.92. The van der Waals surface area contributed by atoms with Gasteiger partial charge in [-0.1, -0.05) is 23.7 Å². The average Bonchev–Trinajstić information content (AvgIpc) is 2.57. The number of likely N-dealkylation sites (tertiary alicyclic amines) is 1. The van der Waals surface area contributed by atoms with Crippen LogP contribution in [0, 0.1) is 5.92 Å². The lowest BCUT2D eigenvalue weighted by Crippen LogP contribution is -2.50. The first-order valence-electron chi connectivity index (χ1n) is 8.77. The van der Waals surface area contributed by atoms with E-state index in [-0.39, 0.29) is 18.2 Å². The number of aliphatic carboxylic acids is 1. The Morgan fingerprint density at radius 2 is 2.08 bits per heavy atom. The summed E-state index contributed by atoms with van der Waals surface area (Å²) < 4.78 is 0. The van der Waals surface area contributed by atoms with Crippen molar-refractivity contribution in [3.8, 4) is 0 Å². The number of halogens is 1. The van der Waals surface area contributed by atoms with Gasteiger partial charge in [-0.05, 0) is 57.0 Å². The number of benzene rings is 1. The molecule has 1 aliphatic heterocycles. The summed E-state index contributed by atoms with van der Waals surface area (Å²) >= 11 is 5.99. The summed E-state index contributed by atoms with van der Waals surface area (Å²) in [7, 11) is 4.05. The van der Waals surface area contributed by atoms with Gasteiger partial charge in [0.05, 0.1) is 0 Å². The fraction of sp³-hybridized carbons (Fsp3) is 0.579. The van der Waals surface area contributed by atoms with Crippen molar-refractivity contribution in [3.63, 3.8) is 0 Å². The van der Waals surface area contributed by atoms with E-state index in [9.17, 15) is 9.59 Å². The van der Waals surface area contributed by atoms with Gasteiger partial charge in [0.1, 0.15) is 0 Å². The van der Waals surface area contributed by atoms with Crippen LogP contribution in [0.5, 0.6) is 0 Å². The number of aryl methyl sites for hydroxylation is 1. The van der Waals surface area contributed by atoms with Crippen LogP contribution in [0.15, 0.2) is 24.3 Å². The number of amides is 1. The van der Waals surface area contributed by atoms with Crippen LogP contribution in [-0.2, 0) is 16.0 Å². The molecule has 0 unspecified atom stereocenters. The highest BCUT2D eigenvalue weighted by Crippen LogP contribution is 2.25. The predicted molar refractivity (Wildman–Crippen MR) is 98.8 cm³/mol. The molecule has 138 valence electrons. The second-order valence-corrected chi connectivity index (χ2v) is 7.42. The van der Waals surface area contributed by atoms with Gasteiger partial charge in [-0.2, -0.15) is 0 Å². The summed E-state index contributed by atoms with van der Waals surface area (Å²) in [5.74, 6) is -0.436. The highest BCUT2D eigenvalue weighted by Gasteiger charge is 2.32. The van der Waals surface area contributed by atoms with Gasteiger partial charge >= 0.3 is 5.97 Å². The van der Waals surface area contributed by atoms with E-state index in [1.165, 1.54) is 0 Å². The minimum atomic E-state index is -0.776. The molecular formula is C19H27ClN2O3. The Morgan fingerprint density at radius 3 is 2.72 bits per heavy atom. The molecule has 5 nitrogen and oxygen atoms in total. The zero-order valence-corrected chi connectivity index (χ0v) is 15.7. The van der Waals surface area contributed by atoms with Gasteiger partial charge < -0.3 is 14.9 Å². The third-order valence-corrected chi connectivity index (χ3v) is 5.19. The molecule has 0 bridgehead atoms. The molecule has 0 aromatic heterocycles. The van der Waals surface area contributed by atoms with Gasteiger partial charge in [0.25, 0.3) is 0 Å². The Kier molecular flexibility index (Phi) is 7.26. The summed E-state index contributed by atoms with van der Waals surface area (Å²) in [5.41, 5.74) is 1.06. The van der Waals surface area contributed by atoms with E-state index in [1.807, 2.05) is 43.3 Å². The van der Waals surface area contributed by atoms with E-state index in [2.05, 4.69) is 4.90 Å². The molecule has 1 fully saturated rings. The van der Waals surface area contributed by atoms with Crippen molar-refractivity contribution in [2.45, 2.75) is 38.1 Å². The molecule has 1 aliphatic rings. The van der Waals surface area contributed by atoms with Crippen LogP contribution in [-0.4, -0.2) is 60.0 Å². The normalized spacial score (nSPS) is 20.7. The van der Waals surface area contributed by atoms with Gasteiger partial charge in [0.2, 0.25) is 5.91 Å². The number of nitrogens with zero attached hydrogens (tertiary/aromatic N) is 2. The SMILES string of the molecule is CN(C)[C@H]1CCN(C(=O)CCc2cccc(Cl)c2)C[C@H]1CCC(=O)O. The standard InChI is InChI=1S/C19H27ClN2O3/c1-21(2)17-10-11-22(13-15(17)7-9-19(24)25)18(23)8-6-14-4-3-5-16(20)12-14/h3-5,12,15,17H,6-11,13H2,1-2H3,(H,24,25)/t15-,17+/m1/s1. The minimum absolute atomic E-state index is 0.137. The number of piperidine rings is 1. The van der Waals surface area contributed by atoms with Crippen LogP contribution < -0.4 is 0 Å². The number of carbonyl (C=O) groups is 2. The van der Waals surface area contributed by atoms with Crippen LogP contribution in [0.1, 0.15) is 31.2 Å². The van der Waals surface area contributed by atoms with Crippen LogP contribution in [0.2, 0.25) is 5.02 Å². The molecule has 2 atom stereocenters. The molecule has 0 radical (unpaired) electrons. The van der Waals surface area contributed by atoms with Crippen molar-refractivity contribution in [2.75, 3.05) is 27.2 Å². The van der Waals surface area contributed by atoms with Crippen LogP contribution in [0.3, 0.4) is 0 Å². The topological polar surface area (TPSA) is 60.9 Å². The molecule has 1 N–H and O–H groups in total. The van der Waals surface area contributed by atoms with E-state index < -0.39 is 5.97 Å². The van der Waals surface area contributed by atoms with Crippen LogP contribution >= 0.6 is 11.6 Å². The van der Waals surface area contributed by atoms with E-state index in [0.717, 1.165) is 18.5 Å². The first kappa shape index (κ1) is 19.7. The quantitative estimate of drug-likeness (QED) is 0.806. The third kappa shape index (κ3) is 6.01. The Bertz CT molecular complexity index is 606. The first-order chi connectivity index (χ1) is 11.9. The highest BCUT2D eigenvalue weighted by molar-refractivity contribution is 6.30. The monoisotopic (exact) mass is 366 g/mol. The van der Waals surface area contributed by atoms with Crippen LogP contribution in [0.25, 0.3) is 0 Å². The van der Waals surface area contributed by atoms with E-state index in [0.29, 0.717) is 36.9 Å². The molecule has 1 amide bonds. The van der Waals surface area contributed by atoms with E-state index in [1.54, 1.807) is 0 Å². The van der Waals surface area contributed by atoms with Gasteiger partial charge in [-0.25, -0.2) is 0 Å². The number of carboxylic acids is 1. The summed E-state index contributed by atoms with van der Waals surface area (Å²) in [6.45, 7) is 1.38. The number of hydrogen-bond donors (Lipinski definition) is 1. The van der Waals surface area contributed by atoms with Crippen molar-refractivity contribution in [1.82, 2.24) is 9.80 Å². The molecule has 1 saturated heterocycles. The molecule has 25 heavy (non-hydrogen) atoms. The summed E-state index contributed by atoms with van der Waals surface area (Å²) in [4.78, 5) is 27.5. The minimum Gasteiger partial charge on any atom is -0.481 e. The smallest absolute Gasteiger partial charge is 0.303 e. The summed E-state index contributed by atoms with van der Waals surface area (Å²) in [6, 6.07) is 7.92. The van der Waals surface area contributed by atoms with E-state index in [4.69, 9.17) is 16.7 Å². The average molecular weight is 367 g/mol. The fourth-order valence-electron chi connectivity index (χ4n) is 3.62. The molecule has 0 aliphatic carbocycles. The van der Waals surface area contributed by atoms with Crippen molar-refractivity contribution in [3.05, 3.63) is 34.9 Å². The van der Waals surface area contributed by atoms with Crippen molar-refractivity contribution in [2.24, 2.45) is 5.92 Å². The molecule has 2 rings (SSSR count). The second-order valence-electron chi connectivity index (χ2n) is 6.98. The predicted octanol–water partition coefficient (Wildman–Crippen LogP) is 2.92. The second kappa shape index (κ2) is 9.20. The summed E-state index contributed by atoms with van der Waals surface area (Å²) in [5, 5.41) is 9.66. The Hall–Kier alpha value is -1.59. The lowest BCUT2D eigenvalue weighted by Gasteiger charge is -2.41. The molecular weight excluding hydrogens is 340 g/mol. The lowest BCUT2D eigenvalue weighted by atomic mass is 9.87. The molecule has 6 heteroatoms. The summed E-state index contributed by atoms with van der Waals surface area (Å²) in [6.07, 6.45) is 2.78. The Morgan fingerprint density at radius 1 is 1.32 bits per heavy atom.